The molecule has 0 fully saturated rings. The molecule has 0 bridgehead atoms. The number of alkyl halides is 3. The van der Waals surface area contributed by atoms with Crippen LogP contribution in [-0.2, 0) is 0 Å². The molecular formula is C49H29F3O. The molecule has 4 heteroatoms. The van der Waals surface area contributed by atoms with Crippen molar-refractivity contribution in [1.29, 1.82) is 0 Å². The second-order valence-corrected chi connectivity index (χ2v) is 13.5. The van der Waals surface area contributed by atoms with Gasteiger partial charge in [-0.3, -0.25) is 0 Å². The lowest BCUT2D eigenvalue weighted by molar-refractivity contribution is -0.274. The van der Waals surface area contributed by atoms with Crippen molar-refractivity contribution in [3.8, 4) is 39.1 Å². The molecule has 10 aromatic rings. The van der Waals surface area contributed by atoms with Crippen molar-refractivity contribution >= 4 is 64.6 Å². The zero-order valence-electron chi connectivity index (χ0n) is 28.3. The molecule has 0 aliphatic carbocycles. The summed E-state index contributed by atoms with van der Waals surface area (Å²) in [4.78, 5) is 0. The Balaban J connectivity index is 1.35. The number of hydrogen-bond donors (Lipinski definition) is 0. The Morgan fingerprint density at radius 2 is 0.717 bits per heavy atom. The maximum Gasteiger partial charge on any atom is 0.573 e. The number of halogens is 3. The predicted octanol–water partition coefficient (Wildman–Crippen LogP) is 14.5. The highest BCUT2D eigenvalue weighted by Gasteiger charge is 2.31. The number of ether oxygens (including phenoxy) is 1. The lowest BCUT2D eigenvalue weighted by Crippen LogP contribution is -2.16. The van der Waals surface area contributed by atoms with Crippen molar-refractivity contribution in [1.82, 2.24) is 0 Å². The van der Waals surface area contributed by atoms with Gasteiger partial charge < -0.3 is 4.74 Å². The second-order valence-electron chi connectivity index (χ2n) is 13.5. The minimum atomic E-state index is -4.76. The van der Waals surface area contributed by atoms with Crippen molar-refractivity contribution in [3.63, 3.8) is 0 Å². The Kier molecular flexibility index (Phi) is 7.02. The summed E-state index contributed by atoms with van der Waals surface area (Å²) in [5.74, 6) is -0.248. The van der Waals surface area contributed by atoms with Gasteiger partial charge in [0.05, 0.1) is 0 Å². The fourth-order valence-corrected chi connectivity index (χ4v) is 8.31. The van der Waals surface area contributed by atoms with Gasteiger partial charge in [0.25, 0.3) is 0 Å². The number of benzene rings is 10. The molecule has 0 unspecified atom stereocenters. The average molecular weight is 691 g/mol. The number of fused-ring (bicyclic) bond motifs is 8. The zero-order chi connectivity index (χ0) is 35.7. The van der Waals surface area contributed by atoms with Gasteiger partial charge in [0, 0.05) is 0 Å². The van der Waals surface area contributed by atoms with Crippen LogP contribution in [0.15, 0.2) is 176 Å². The molecule has 0 amide bonds. The average Bonchev–Trinajstić information content (AvgIpc) is 3.19. The highest BCUT2D eigenvalue weighted by Crippen LogP contribution is 2.49. The van der Waals surface area contributed by atoms with E-state index in [4.69, 9.17) is 0 Å². The zero-order valence-corrected chi connectivity index (χ0v) is 28.3. The quantitative estimate of drug-likeness (QED) is 0.132. The molecule has 252 valence electrons. The lowest BCUT2D eigenvalue weighted by atomic mass is 9.81. The first-order valence-corrected chi connectivity index (χ1v) is 17.6. The molecule has 0 spiro atoms. The first-order chi connectivity index (χ1) is 25.9. The Bertz CT molecular complexity index is 3070. The summed E-state index contributed by atoms with van der Waals surface area (Å²) < 4.78 is 43.3. The minimum Gasteiger partial charge on any atom is -0.406 e. The smallest absolute Gasteiger partial charge is 0.406 e. The fraction of sp³-hybridized carbons (Fsp3) is 0.0204. The Hall–Kier alpha value is -6.65. The van der Waals surface area contributed by atoms with Crippen LogP contribution in [0.1, 0.15) is 0 Å². The molecule has 0 aromatic heterocycles. The topological polar surface area (TPSA) is 9.23 Å². The van der Waals surface area contributed by atoms with Crippen molar-refractivity contribution < 1.29 is 17.9 Å². The number of rotatable bonds is 4. The number of hydrogen-bond acceptors (Lipinski definition) is 1. The van der Waals surface area contributed by atoms with E-state index in [1.807, 2.05) is 0 Å². The molecule has 0 aliphatic heterocycles. The van der Waals surface area contributed by atoms with Gasteiger partial charge in [0.15, 0.2) is 0 Å². The van der Waals surface area contributed by atoms with E-state index < -0.39 is 6.36 Å². The van der Waals surface area contributed by atoms with Crippen LogP contribution in [-0.4, -0.2) is 6.36 Å². The molecule has 0 N–H and O–H groups in total. The molecule has 1 nitrogen and oxygen atoms in total. The largest absolute Gasteiger partial charge is 0.573 e. The normalized spacial score (nSPS) is 12.1. The summed E-state index contributed by atoms with van der Waals surface area (Å²) in [6.45, 7) is 0. The molecule has 0 saturated carbocycles. The summed E-state index contributed by atoms with van der Waals surface area (Å²) >= 11 is 0. The van der Waals surface area contributed by atoms with Gasteiger partial charge in [0.2, 0.25) is 0 Å². The van der Waals surface area contributed by atoms with Crippen LogP contribution < -0.4 is 4.74 Å². The third kappa shape index (κ3) is 5.17. The van der Waals surface area contributed by atoms with E-state index in [1.165, 1.54) is 44.5 Å². The predicted molar refractivity (Wildman–Crippen MR) is 214 cm³/mol. The van der Waals surface area contributed by atoms with Crippen LogP contribution in [0.2, 0.25) is 0 Å². The van der Waals surface area contributed by atoms with Gasteiger partial charge in [-0.1, -0.05) is 146 Å². The molecule has 10 rings (SSSR count). The summed E-state index contributed by atoms with van der Waals surface area (Å²) in [6, 6.07) is 60.1. The molecular weight excluding hydrogens is 662 g/mol. The summed E-state index contributed by atoms with van der Waals surface area (Å²) in [7, 11) is 0. The molecule has 0 atom stereocenters. The molecule has 10 aromatic carbocycles. The van der Waals surface area contributed by atoms with Crippen LogP contribution in [0.25, 0.3) is 98.0 Å². The van der Waals surface area contributed by atoms with Gasteiger partial charge in [-0.15, -0.1) is 13.2 Å². The van der Waals surface area contributed by atoms with E-state index in [-0.39, 0.29) is 5.75 Å². The maximum atomic E-state index is 13.0. The van der Waals surface area contributed by atoms with Crippen LogP contribution in [0, 0.1) is 0 Å². The molecule has 0 heterocycles. The van der Waals surface area contributed by atoms with Gasteiger partial charge in [-0.2, -0.15) is 0 Å². The van der Waals surface area contributed by atoms with Crippen molar-refractivity contribution in [2.75, 3.05) is 0 Å². The first-order valence-electron chi connectivity index (χ1n) is 17.6. The Labute approximate surface area is 303 Å². The Morgan fingerprint density at radius 1 is 0.321 bits per heavy atom. The van der Waals surface area contributed by atoms with E-state index in [0.717, 1.165) is 65.7 Å². The van der Waals surface area contributed by atoms with Crippen LogP contribution in [0.3, 0.4) is 0 Å². The first kappa shape index (κ1) is 31.1. The van der Waals surface area contributed by atoms with E-state index in [9.17, 15) is 13.2 Å². The van der Waals surface area contributed by atoms with Crippen LogP contribution >= 0.6 is 0 Å². The SMILES string of the molecule is FC(F)(F)Oc1ccc(-c2ccc3c(-c4cc5ccccc5c5ccccc45)c4ccccc4c(-c4cc5ccccc5c5ccccc45)c3c2)cc1. The second kappa shape index (κ2) is 12.0. The molecule has 0 radical (unpaired) electrons. The van der Waals surface area contributed by atoms with E-state index in [1.54, 1.807) is 12.1 Å². The third-order valence-electron chi connectivity index (χ3n) is 10.5. The van der Waals surface area contributed by atoms with Crippen molar-refractivity contribution in [2.45, 2.75) is 6.36 Å². The third-order valence-corrected chi connectivity index (χ3v) is 10.5. The van der Waals surface area contributed by atoms with Crippen LogP contribution in [0.5, 0.6) is 5.75 Å². The van der Waals surface area contributed by atoms with Gasteiger partial charge >= 0.3 is 6.36 Å². The lowest BCUT2D eigenvalue weighted by Gasteiger charge is -2.21. The van der Waals surface area contributed by atoms with Crippen molar-refractivity contribution in [3.05, 3.63) is 176 Å². The van der Waals surface area contributed by atoms with E-state index in [0.29, 0.717) is 0 Å². The van der Waals surface area contributed by atoms with E-state index >= 15 is 0 Å². The summed E-state index contributed by atoms with van der Waals surface area (Å²) in [6.07, 6.45) is -4.76. The summed E-state index contributed by atoms with van der Waals surface area (Å²) in [5, 5.41) is 13.8. The fourth-order valence-electron chi connectivity index (χ4n) is 8.31. The minimum absolute atomic E-state index is 0.248. The van der Waals surface area contributed by atoms with Crippen molar-refractivity contribution in [2.24, 2.45) is 0 Å². The van der Waals surface area contributed by atoms with Crippen LogP contribution in [0.4, 0.5) is 13.2 Å². The maximum absolute atomic E-state index is 13.0. The summed E-state index contributed by atoms with van der Waals surface area (Å²) in [5.41, 5.74) is 6.23. The monoisotopic (exact) mass is 690 g/mol. The van der Waals surface area contributed by atoms with Gasteiger partial charge in [-0.25, -0.2) is 0 Å². The highest BCUT2D eigenvalue weighted by molar-refractivity contribution is 6.28. The highest BCUT2D eigenvalue weighted by atomic mass is 19.4. The van der Waals surface area contributed by atoms with Gasteiger partial charge in [-0.05, 0) is 128 Å². The molecule has 0 aliphatic rings. The standard InChI is InChI=1S/C49H29F3O/c50-49(51,52)53-34-24-21-30(22-25-34)31-23-26-43-46(27-31)48(45-29-33-12-2-4-14-36(33)38-16-6-8-18-40(38)45)42-20-10-9-19-41(42)47(43)44-28-32-11-1-3-13-35(32)37-15-5-7-17-39(37)44/h1-29H. The molecule has 0 saturated heterocycles. The Morgan fingerprint density at radius 3 is 1.23 bits per heavy atom. The molecule has 53 heavy (non-hydrogen) atoms. The van der Waals surface area contributed by atoms with E-state index in [2.05, 4.69) is 156 Å². The van der Waals surface area contributed by atoms with Gasteiger partial charge in [0.1, 0.15) is 5.75 Å².